The monoisotopic (exact) mass is 240 g/mol. The first-order valence-corrected chi connectivity index (χ1v) is 9.98. The van der Waals surface area contributed by atoms with E-state index in [1.807, 2.05) is 0 Å². The van der Waals surface area contributed by atoms with Crippen molar-refractivity contribution >= 4 is 15.2 Å². The summed E-state index contributed by atoms with van der Waals surface area (Å²) >= 11 is 0. The van der Waals surface area contributed by atoms with Crippen LogP contribution in [-0.4, -0.2) is 26.4 Å². The van der Waals surface area contributed by atoms with Gasteiger partial charge < -0.3 is 9.31 Å². The molecule has 2 unspecified atom stereocenters. The number of hydrogen-bond donors (Lipinski definition) is 0. The Morgan fingerprint density at radius 3 is 1.75 bits per heavy atom. The van der Waals surface area contributed by atoms with Crippen molar-refractivity contribution in [3.05, 3.63) is 0 Å². The predicted octanol–water partition coefficient (Wildman–Crippen LogP) is 3.56. The van der Waals surface area contributed by atoms with Crippen molar-refractivity contribution in [2.24, 2.45) is 0 Å². The van der Waals surface area contributed by atoms with E-state index in [-0.39, 0.29) is 18.3 Å². The molecule has 1 saturated heterocycles. The Kier molecular flexibility index (Phi) is 2.66. The summed E-state index contributed by atoms with van der Waals surface area (Å²) in [5.41, 5.74) is 0.566. The van der Waals surface area contributed by atoms with Gasteiger partial charge in [-0.05, 0) is 39.1 Å². The van der Waals surface area contributed by atoms with Crippen molar-refractivity contribution in [1.29, 1.82) is 0 Å². The van der Waals surface area contributed by atoms with Crippen LogP contribution in [0.4, 0.5) is 0 Å². The van der Waals surface area contributed by atoms with Crippen LogP contribution in [0.1, 0.15) is 34.1 Å². The van der Waals surface area contributed by atoms with Crippen molar-refractivity contribution in [2.45, 2.75) is 76.3 Å². The Morgan fingerprint density at radius 1 is 1.00 bits per heavy atom. The smallest absolute Gasteiger partial charge is 0.403 e. The minimum absolute atomic E-state index is 0.0433. The Morgan fingerprint density at radius 2 is 1.44 bits per heavy atom. The van der Waals surface area contributed by atoms with Crippen LogP contribution in [0.3, 0.4) is 0 Å². The molecule has 1 aliphatic heterocycles. The first-order chi connectivity index (χ1) is 7.05. The van der Waals surface area contributed by atoms with E-state index in [9.17, 15) is 0 Å². The summed E-state index contributed by atoms with van der Waals surface area (Å²) < 4.78 is 12.2. The molecule has 4 heteroatoms. The molecule has 16 heavy (non-hydrogen) atoms. The molecule has 2 rings (SSSR count). The lowest BCUT2D eigenvalue weighted by Gasteiger charge is -2.32. The maximum Gasteiger partial charge on any atom is 0.461 e. The highest BCUT2D eigenvalue weighted by Crippen LogP contribution is 2.61. The second kappa shape index (κ2) is 3.36. The first kappa shape index (κ1) is 12.7. The third kappa shape index (κ3) is 2.00. The summed E-state index contributed by atoms with van der Waals surface area (Å²) in [4.78, 5) is 0. The molecule has 0 spiro atoms. The zero-order valence-corrected chi connectivity index (χ0v) is 12.8. The molecular formula is C12H25BO2Si. The Hall–Kier alpha value is 0.202. The minimum atomic E-state index is -1.01. The molecule has 2 atom stereocenters. The van der Waals surface area contributed by atoms with Crippen LogP contribution in [-0.2, 0) is 9.31 Å². The SMILES string of the molecule is CC1(C)OB(C2CC2[Si](C)(C)C)OC1(C)C. The van der Waals surface area contributed by atoms with Crippen LogP contribution < -0.4 is 0 Å². The van der Waals surface area contributed by atoms with Crippen LogP contribution in [0, 0.1) is 0 Å². The molecule has 1 heterocycles. The fraction of sp³-hybridized carbons (Fsp3) is 1.00. The molecule has 0 aromatic rings. The quantitative estimate of drug-likeness (QED) is 0.687. The molecule has 2 aliphatic rings. The average Bonchev–Trinajstić information content (AvgIpc) is 2.73. The van der Waals surface area contributed by atoms with Crippen molar-refractivity contribution in [2.75, 3.05) is 0 Å². The maximum atomic E-state index is 6.11. The van der Waals surface area contributed by atoms with E-state index in [0.29, 0.717) is 5.82 Å². The average molecular weight is 240 g/mol. The van der Waals surface area contributed by atoms with E-state index < -0.39 is 8.07 Å². The second-order valence-corrected chi connectivity index (χ2v) is 13.0. The van der Waals surface area contributed by atoms with Gasteiger partial charge in [0.2, 0.25) is 0 Å². The van der Waals surface area contributed by atoms with E-state index in [1.54, 1.807) is 0 Å². The van der Waals surface area contributed by atoms with Crippen LogP contribution in [0.25, 0.3) is 0 Å². The van der Waals surface area contributed by atoms with Crippen molar-refractivity contribution in [1.82, 2.24) is 0 Å². The summed E-state index contributed by atoms with van der Waals surface area (Å²) in [5, 5.41) is 0. The standard InChI is InChI=1S/C12H25BO2Si/c1-11(2)12(3,4)15-13(14-11)9-8-10(9)16(5,6)7/h9-10H,8H2,1-7H3. The number of rotatable bonds is 2. The fourth-order valence-electron chi connectivity index (χ4n) is 2.57. The van der Waals surface area contributed by atoms with E-state index in [0.717, 1.165) is 5.54 Å². The third-order valence-corrected chi connectivity index (χ3v) is 7.46. The second-order valence-electron chi connectivity index (χ2n) is 7.50. The molecule has 1 aliphatic carbocycles. The van der Waals surface area contributed by atoms with Crippen LogP contribution in [0.5, 0.6) is 0 Å². The molecule has 2 nitrogen and oxygen atoms in total. The molecule has 2 fully saturated rings. The molecular weight excluding hydrogens is 215 g/mol. The molecule has 0 bridgehead atoms. The molecule has 0 aromatic heterocycles. The van der Waals surface area contributed by atoms with E-state index >= 15 is 0 Å². The van der Waals surface area contributed by atoms with E-state index in [1.165, 1.54) is 6.42 Å². The first-order valence-electron chi connectivity index (χ1n) is 6.40. The van der Waals surface area contributed by atoms with Crippen LogP contribution in [0.2, 0.25) is 31.0 Å². The highest BCUT2D eigenvalue weighted by atomic mass is 28.3. The van der Waals surface area contributed by atoms with Crippen LogP contribution in [0.15, 0.2) is 0 Å². The van der Waals surface area contributed by atoms with Gasteiger partial charge in [-0.3, -0.25) is 0 Å². The predicted molar refractivity (Wildman–Crippen MR) is 71.5 cm³/mol. The van der Waals surface area contributed by atoms with E-state index in [4.69, 9.17) is 9.31 Å². The zero-order chi connectivity index (χ0) is 12.4. The van der Waals surface area contributed by atoms with E-state index in [2.05, 4.69) is 47.3 Å². The lowest BCUT2D eigenvalue weighted by molar-refractivity contribution is 0.00578. The topological polar surface area (TPSA) is 18.5 Å². The Balaban J connectivity index is 2.02. The summed E-state index contributed by atoms with van der Waals surface area (Å²) in [5.74, 6) is 0.660. The van der Waals surface area contributed by atoms with Gasteiger partial charge in [-0.1, -0.05) is 26.1 Å². The van der Waals surface area contributed by atoms with Gasteiger partial charge in [-0.2, -0.15) is 0 Å². The lowest BCUT2D eigenvalue weighted by atomic mass is 9.82. The normalized spacial score (nSPS) is 36.6. The molecule has 0 radical (unpaired) electrons. The summed E-state index contributed by atoms with van der Waals surface area (Å²) in [6.45, 7) is 15.9. The summed E-state index contributed by atoms with van der Waals surface area (Å²) in [6, 6.07) is 0. The molecule has 0 N–H and O–H groups in total. The van der Waals surface area contributed by atoms with Gasteiger partial charge >= 0.3 is 7.12 Å². The van der Waals surface area contributed by atoms with Gasteiger partial charge in [-0.25, -0.2) is 0 Å². The van der Waals surface area contributed by atoms with Crippen LogP contribution >= 0.6 is 0 Å². The molecule has 1 saturated carbocycles. The Bertz CT molecular complexity index is 280. The van der Waals surface area contributed by atoms with Gasteiger partial charge in [0.15, 0.2) is 0 Å². The number of hydrogen-bond acceptors (Lipinski definition) is 2. The van der Waals surface area contributed by atoms with Gasteiger partial charge in [-0.15, -0.1) is 0 Å². The van der Waals surface area contributed by atoms with Gasteiger partial charge in [0.05, 0.1) is 11.2 Å². The zero-order valence-electron chi connectivity index (χ0n) is 11.8. The van der Waals surface area contributed by atoms with Gasteiger partial charge in [0.1, 0.15) is 0 Å². The molecule has 92 valence electrons. The molecule has 0 aromatic carbocycles. The molecule has 0 amide bonds. The Labute approximate surface area is 101 Å². The van der Waals surface area contributed by atoms with Crippen molar-refractivity contribution in [3.63, 3.8) is 0 Å². The maximum absolute atomic E-state index is 6.11. The largest absolute Gasteiger partial charge is 0.461 e. The van der Waals surface area contributed by atoms with Crippen molar-refractivity contribution < 1.29 is 9.31 Å². The minimum Gasteiger partial charge on any atom is -0.403 e. The van der Waals surface area contributed by atoms with Crippen molar-refractivity contribution in [3.8, 4) is 0 Å². The lowest BCUT2D eigenvalue weighted by Crippen LogP contribution is -2.41. The highest BCUT2D eigenvalue weighted by molar-refractivity contribution is 6.80. The third-order valence-electron chi connectivity index (χ3n) is 4.57. The highest BCUT2D eigenvalue weighted by Gasteiger charge is 2.61. The summed E-state index contributed by atoms with van der Waals surface area (Å²) in [6.07, 6.45) is 1.31. The fourth-order valence-corrected chi connectivity index (χ4v) is 5.00. The van der Waals surface area contributed by atoms with Gasteiger partial charge in [0.25, 0.3) is 0 Å². The van der Waals surface area contributed by atoms with Gasteiger partial charge in [0, 0.05) is 8.07 Å². The summed E-state index contributed by atoms with van der Waals surface area (Å²) in [7, 11) is -0.963.